The van der Waals surface area contributed by atoms with Gasteiger partial charge in [0.25, 0.3) is 0 Å². The highest BCUT2D eigenvalue weighted by Crippen LogP contribution is 2.27. The van der Waals surface area contributed by atoms with Gasteiger partial charge in [-0.05, 0) is 38.0 Å². The van der Waals surface area contributed by atoms with Crippen molar-refractivity contribution < 1.29 is 13.9 Å². The van der Waals surface area contributed by atoms with Gasteiger partial charge in [0.2, 0.25) is 0 Å². The van der Waals surface area contributed by atoms with Crippen molar-refractivity contribution in [2.24, 2.45) is 5.92 Å². The van der Waals surface area contributed by atoms with Gasteiger partial charge in [-0.15, -0.1) is 0 Å². The summed E-state index contributed by atoms with van der Waals surface area (Å²) in [5.41, 5.74) is 1.07. The predicted molar refractivity (Wildman–Crippen MR) is 72.7 cm³/mol. The first-order chi connectivity index (χ1) is 9.65. The minimum absolute atomic E-state index is 0.0721. The van der Waals surface area contributed by atoms with Gasteiger partial charge in [0.15, 0.2) is 0 Å². The van der Waals surface area contributed by atoms with Crippen molar-refractivity contribution in [1.29, 1.82) is 5.26 Å². The number of benzene rings is 1. The van der Waals surface area contributed by atoms with Crippen LogP contribution >= 0.6 is 0 Å². The van der Waals surface area contributed by atoms with Crippen LogP contribution in [0.15, 0.2) is 18.2 Å². The summed E-state index contributed by atoms with van der Waals surface area (Å²) in [7, 11) is 0. The zero-order valence-electron chi connectivity index (χ0n) is 11.4. The van der Waals surface area contributed by atoms with Crippen molar-refractivity contribution >= 4 is 11.7 Å². The third-order valence-electron chi connectivity index (χ3n) is 3.53. The molecule has 1 aromatic rings. The minimum atomic E-state index is -0.410. The fourth-order valence-electron chi connectivity index (χ4n) is 2.49. The lowest BCUT2D eigenvalue weighted by Crippen LogP contribution is -2.37. The fourth-order valence-corrected chi connectivity index (χ4v) is 2.49. The van der Waals surface area contributed by atoms with Gasteiger partial charge in [-0.25, -0.2) is 4.39 Å². The molecule has 0 aliphatic carbocycles. The summed E-state index contributed by atoms with van der Waals surface area (Å²) < 4.78 is 18.1. The number of carbonyl (C=O) groups excluding carboxylic acids is 1. The molecule has 1 aliphatic heterocycles. The van der Waals surface area contributed by atoms with Gasteiger partial charge in [0.1, 0.15) is 11.9 Å². The quantitative estimate of drug-likeness (QED) is 0.796. The van der Waals surface area contributed by atoms with Gasteiger partial charge in [-0.3, -0.25) is 4.79 Å². The molecule has 0 radical (unpaired) electrons. The van der Waals surface area contributed by atoms with Crippen LogP contribution in [-0.2, 0) is 9.53 Å². The Morgan fingerprint density at radius 1 is 1.50 bits per heavy atom. The highest BCUT2D eigenvalue weighted by molar-refractivity contribution is 5.73. The largest absolute Gasteiger partial charge is 0.466 e. The number of esters is 1. The van der Waals surface area contributed by atoms with Crippen LogP contribution in [0.1, 0.15) is 25.3 Å². The summed E-state index contributed by atoms with van der Waals surface area (Å²) in [4.78, 5) is 13.7. The van der Waals surface area contributed by atoms with E-state index in [2.05, 4.69) is 0 Å². The number of carbonyl (C=O) groups is 1. The molecule has 1 fully saturated rings. The minimum Gasteiger partial charge on any atom is -0.466 e. The second kappa shape index (κ2) is 6.38. The van der Waals surface area contributed by atoms with Gasteiger partial charge in [0.05, 0.1) is 23.8 Å². The third kappa shape index (κ3) is 3.08. The van der Waals surface area contributed by atoms with Crippen molar-refractivity contribution in [2.45, 2.75) is 19.8 Å². The predicted octanol–water partition coefficient (Wildman–Crippen LogP) is 2.48. The third-order valence-corrected chi connectivity index (χ3v) is 3.53. The van der Waals surface area contributed by atoms with Crippen molar-refractivity contribution in [1.82, 2.24) is 0 Å². The van der Waals surface area contributed by atoms with Crippen LogP contribution in [0, 0.1) is 23.1 Å². The molecule has 0 bridgehead atoms. The molecule has 0 spiro atoms. The lowest BCUT2D eigenvalue weighted by molar-refractivity contribution is -0.148. The van der Waals surface area contributed by atoms with Crippen molar-refractivity contribution in [2.75, 3.05) is 24.6 Å². The van der Waals surface area contributed by atoms with E-state index in [0.29, 0.717) is 38.1 Å². The summed E-state index contributed by atoms with van der Waals surface area (Å²) in [6.45, 7) is 3.54. The first kappa shape index (κ1) is 14.3. The van der Waals surface area contributed by atoms with Crippen LogP contribution in [-0.4, -0.2) is 25.7 Å². The van der Waals surface area contributed by atoms with Gasteiger partial charge in [0, 0.05) is 13.1 Å². The van der Waals surface area contributed by atoms with Gasteiger partial charge in [-0.2, -0.15) is 5.26 Å². The summed E-state index contributed by atoms with van der Waals surface area (Å²) in [5, 5.41) is 9.07. The Balaban J connectivity index is 2.04. The van der Waals surface area contributed by atoms with E-state index in [-0.39, 0.29) is 11.9 Å². The highest BCUT2D eigenvalue weighted by atomic mass is 19.1. The zero-order valence-corrected chi connectivity index (χ0v) is 11.4. The molecule has 1 aromatic carbocycles. The molecular formula is C15H17FN2O2. The SMILES string of the molecule is CCOC(=O)C1CCN(c2ccc(F)cc2C#N)CC1. The Labute approximate surface area is 117 Å². The number of nitriles is 1. The molecule has 5 heteroatoms. The van der Waals surface area contributed by atoms with Gasteiger partial charge >= 0.3 is 5.97 Å². The molecule has 0 atom stereocenters. The molecule has 106 valence electrons. The van der Waals surface area contributed by atoms with E-state index in [9.17, 15) is 9.18 Å². The van der Waals surface area contributed by atoms with Crippen LogP contribution in [0.25, 0.3) is 0 Å². The van der Waals surface area contributed by atoms with Crippen molar-refractivity contribution in [3.63, 3.8) is 0 Å². The molecule has 0 aromatic heterocycles. The summed E-state index contributed by atoms with van der Waals surface area (Å²) in [5.74, 6) is -0.629. The molecule has 4 nitrogen and oxygen atoms in total. The van der Waals surface area contributed by atoms with E-state index < -0.39 is 5.82 Å². The fraction of sp³-hybridized carbons (Fsp3) is 0.467. The topological polar surface area (TPSA) is 53.3 Å². The molecule has 20 heavy (non-hydrogen) atoms. The number of piperidine rings is 1. The number of nitrogens with zero attached hydrogens (tertiary/aromatic N) is 2. The first-order valence-electron chi connectivity index (χ1n) is 6.77. The smallest absolute Gasteiger partial charge is 0.309 e. The summed E-state index contributed by atoms with van der Waals surface area (Å²) >= 11 is 0. The Hall–Kier alpha value is -2.09. The average molecular weight is 276 g/mol. The molecule has 0 amide bonds. The lowest BCUT2D eigenvalue weighted by Gasteiger charge is -2.33. The Morgan fingerprint density at radius 3 is 2.80 bits per heavy atom. The van der Waals surface area contributed by atoms with E-state index in [1.54, 1.807) is 13.0 Å². The molecule has 0 unspecified atom stereocenters. The molecule has 1 aliphatic rings. The lowest BCUT2D eigenvalue weighted by atomic mass is 9.96. The Morgan fingerprint density at radius 2 is 2.20 bits per heavy atom. The molecule has 1 heterocycles. The normalized spacial score (nSPS) is 15.8. The van der Waals surface area contributed by atoms with Crippen LogP contribution < -0.4 is 4.90 Å². The summed E-state index contributed by atoms with van der Waals surface area (Å²) in [6.07, 6.45) is 1.39. The number of anilines is 1. The maximum atomic E-state index is 13.1. The van der Waals surface area contributed by atoms with Gasteiger partial charge in [-0.1, -0.05) is 0 Å². The standard InChI is InChI=1S/C15H17FN2O2/c1-2-20-15(19)11-5-7-18(8-6-11)14-4-3-13(16)9-12(14)10-17/h3-4,9,11H,2,5-8H2,1H3. The van der Waals surface area contributed by atoms with E-state index >= 15 is 0 Å². The molecular weight excluding hydrogens is 259 g/mol. The average Bonchev–Trinajstić information content (AvgIpc) is 2.47. The van der Waals surface area contributed by atoms with Crippen LogP contribution in [0.2, 0.25) is 0 Å². The second-order valence-corrected chi connectivity index (χ2v) is 4.79. The van der Waals surface area contributed by atoms with Crippen LogP contribution in [0.3, 0.4) is 0 Å². The number of ether oxygens (including phenoxy) is 1. The zero-order chi connectivity index (χ0) is 14.5. The summed E-state index contributed by atoms with van der Waals surface area (Å²) in [6, 6.07) is 6.24. The second-order valence-electron chi connectivity index (χ2n) is 4.79. The highest BCUT2D eigenvalue weighted by Gasteiger charge is 2.27. The van der Waals surface area contributed by atoms with Crippen molar-refractivity contribution in [3.8, 4) is 6.07 Å². The van der Waals surface area contributed by atoms with Gasteiger partial charge < -0.3 is 9.64 Å². The van der Waals surface area contributed by atoms with E-state index in [1.165, 1.54) is 12.1 Å². The Kier molecular flexibility index (Phi) is 4.57. The molecule has 2 rings (SSSR count). The molecule has 1 saturated heterocycles. The number of hydrogen-bond donors (Lipinski definition) is 0. The number of rotatable bonds is 3. The molecule has 0 N–H and O–H groups in total. The Bertz CT molecular complexity index is 531. The number of hydrogen-bond acceptors (Lipinski definition) is 4. The monoisotopic (exact) mass is 276 g/mol. The van der Waals surface area contributed by atoms with E-state index in [4.69, 9.17) is 10.00 Å². The molecule has 0 saturated carbocycles. The van der Waals surface area contributed by atoms with Crippen LogP contribution in [0.5, 0.6) is 0 Å². The number of halogens is 1. The first-order valence-corrected chi connectivity index (χ1v) is 6.77. The maximum Gasteiger partial charge on any atom is 0.309 e. The maximum absolute atomic E-state index is 13.1. The van der Waals surface area contributed by atoms with E-state index in [1.807, 2.05) is 11.0 Å². The van der Waals surface area contributed by atoms with Crippen molar-refractivity contribution in [3.05, 3.63) is 29.6 Å². The van der Waals surface area contributed by atoms with E-state index in [0.717, 1.165) is 5.69 Å². The van der Waals surface area contributed by atoms with Crippen LogP contribution in [0.4, 0.5) is 10.1 Å².